The summed E-state index contributed by atoms with van der Waals surface area (Å²) in [7, 11) is 0. The van der Waals surface area contributed by atoms with Gasteiger partial charge in [-0.1, -0.05) is 13.0 Å². The van der Waals surface area contributed by atoms with Gasteiger partial charge in [0.05, 0.1) is 24.6 Å². The molecular weight excluding hydrogens is 254 g/mol. The van der Waals surface area contributed by atoms with Crippen molar-refractivity contribution >= 4 is 0 Å². The molecule has 1 fully saturated rings. The highest BCUT2D eigenvalue weighted by atomic mass is 16.5. The summed E-state index contributed by atoms with van der Waals surface area (Å²) in [6.07, 6.45) is 6.58. The molecule has 20 heavy (non-hydrogen) atoms. The highest BCUT2D eigenvalue weighted by molar-refractivity contribution is 5.27. The Hall–Kier alpha value is -0.840. The summed E-state index contributed by atoms with van der Waals surface area (Å²) in [4.78, 5) is 2.37. The predicted molar refractivity (Wildman–Crippen MR) is 79.5 cm³/mol. The van der Waals surface area contributed by atoms with E-state index in [0.717, 1.165) is 70.0 Å². The molecular formula is C16H27NO3. The molecule has 114 valence electrons. The summed E-state index contributed by atoms with van der Waals surface area (Å²) in [5.41, 5.74) is 0.441. The Morgan fingerprint density at radius 1 is 1.30 bits per heavy atom. The highest BCUT2D eigenvalue weighted by Crippen LogP contribution is 2.29. The van der Waals surface area contributed by atoms with E-state index in [9.17, 15) is 5.11 Å². The van der Waals surface area contributed by atoms with Crippen LogP contribution in [0.2, 0.25) is 0 Å². The molecule has 0 saturated carbocycles. The summed E-state index contributed by atoms with van der Waals surface area (Å²) in [6.45, 7) is 9.28. The number of nitrogens with zero attached hydrogens (tertiary/aromatic N) is 1. The second-order valence-electron chi connectivity index (χ2n) is 5.75. The minimum atomic E-state index is -0.671. The zero-order valence-corrected chi connectivity index (χ0v) is 12.7. The van der Waals surface area contributed by atoms with Gasteiger partial charge in [0, 0.05) is 26.1 Å². The Kier molecular flexibility index (Phi) is 5.64. The number of morpholine rings is 1. The molecule has 2 rings (SSSR count). The quantitative estimate of drug-likeness (QED) is 0.809. The van der Waals surface area contributed by atoms with Crippen LogP contribution in [0.4, 0.5) is 0 Å². The van der Waals surface area contributed by atoms with Gasteiger partial charge in [0.1, 0.15) is 6.61 Å². The van der Waals surface area contributed by atoms with E-state index >= 15 is 0 Å². The maximum absolute atomic E-state index is 10.2. The molecule has 1 N–H and O–H groups in total. The smallest absolute Gasteiger partial charge is 0.100 e. The van der Waals surface area contributed by atoms with Crippen LogP contribution in [0, 0.1) is 0 Å². The molecule has 4 nitrogen and oxygen atoms in total. The number of ether oxygens (including phenoxy) is 2. The summed E-state index contributed by atoms with van der Waals surface area (Å²) < 4.78 is 11.2. The molecule has 0 aromatic carbocycles. The van der Waals surface area contributed by atoms with E-state index in [1.165, 1.54) is 0 Å². The van der Waals surface area contributed by atoms with Crippen LogP contribution in [0.3, 0.4) is 0 Å². The van der Waals surface area contributed by atoms with Crippen molar-refractivity contribution in [3.8, 4) is 0 Å². The fourth-order valence-corrected chi connectivity index (χ4v) is 2.54. The van der Waals surface area contributed by atoms with Crippen LogP contribution in [0.15, 0.2) is 23.5 Å². The van der Waals surface area contributed by atoms with Crippen LogP contribution in [-0.4, -0.2) is 55.1 Å². The summed E-state index contributed by atoms with van der Waals surface area (Å²) in [5, 5.41) is 10.2. The summed E-state index contributed by atoms with van der Waals surface area (Å²) in [6, 6.07) is 0. The minimum Gasteiger partial charge on any atom is -0.497 e. The Morgan fingerprint density at radius 2 is 2.05 bits per heavy atom. The van der Waals surface area contributed by atoms with Gasteiger partial charge in [-0.05, 0) is 31.4 Å². The van der Waals surface area contributed by atoms with Crippen molar-refractivity contribution in [2.45, 2.75) is 38.7 Å². The van der Waals surface area contributed by atoms with E-state index in [2.05, 4.69) is 4.90 Å². The Bertz CT molecular complexity index is 368. The maximum atomic E-state index is 10.2. The SMILES string of the molecule is CCC(C)(O)C1=CC=C(OCCN2CCOCC2)CC1. The van der Waals surface area contributed by atoms with Crippen molar-refractivity contribution in [1.29, 1.82) is 0 Å². The second kappa shape index (κ2) is 7.25. The fourth-order valence-electron chi connectivity index (χ4n) is 2.54. The molecule has 0 aromatic rings. The maximum Gasteiger partial charge on any atom is 0.100 e. The van der Waals surface area contributed by atoms with Gasteiger partial charge >= 0.3 is 0 Å². The Morgan fingerprint density at radius 3 is 2.65 bits per heavy atom. The van der Waals surface area contributed by atoms with Crippen molar-refractivity contribution in [2.75, 3.05) is 39.5 Å². The van der Waals surface area contributed by atoms with E-state index in [-0.39, 0.29) is 0 Å². The van der Waals surface area contributed by atoms with Gasteiger partial charge in [-0.2, -0.15) is 0 Å². The summed E-state index contributed by atoms with van der Waals surface area (Å²) in [5.74, 6) is 1.04. The molecule has 1 aliphatic heterocycles. The molecule has 1 unspecified atom stereocenters. The zero-order valence-electron chi connectivity index (χ0n) is 12.7. The molecule has 0 radical (unpaired) electrons. The standard InChI is InChI=1S/C16H27NO3/c1-3-16(2,18)14-4-6-15(7-5-14)20-13-10-17-8-11-19-12-9-17/h4,6,18H,3,5,7-13H2,1-2H3. The average molecular weight is 281 g/mol. The van der Waals surface area contributed by atoms with Gasteiger partial charge in [0.15, 0.2) is 0 Å². The van der Waals surface area contributed by atoms with Gasteiger partial charge in [0.25, 0.3) is 0 Å². The number of hydrogen-bond donors (Lipinski definition) is 1. The third-order valence-electron chi connectivity index (χ3n) is 4.29. The molecule has 0 amide bonds. The third kappa shape index (κ3) is 4.33. The van der Waals surface area contributed by atoms with E-state index in [4.69, 9.17) is 9.47 Å². The first-order valence-electron chi connectivity index (χ1n) is 7.67. The van der Waals surface area contributed by atoms with Gasteiger partial charge in [0.2, 0.25) is 0 Å². The first kappa shape index (κ1) is 15.5. The van der Waals surface area contributed by atoms with Crippen molar-refractivity contribution in [3.63, 3.8) is 0 Å². The first-order chi connectivity index (χ1) is 9.62. The highest BCUT2D eigenvalue weighted by Gasteiger charge is 2.24. The molecule has 1 saturated heterocycles. The van der Waals surface area contributed by atoms with Gasteiger partial charge in [-0.15, -0.1) is 0 Å². The topological polar surface area (TPSA) is 41.9 Å². The minimum absolute atomic E-state index is 0.671. The molecule has 1 heterocycles. The van der Waals surface area contributed by atoms with Crippen molar-refractivity contribution in [2.24, 2.45) is 0 Å². The normalized spacial score (nSPS) is 23.8. The first-order valence-corrected chi connectivity index (χ1v) is 7.67. The van der Waals surface area contributed by atoms with E-state index in [1.807, 2.05) is 26.0 Å². The van der Waals surface area contributed by atoms with Crippen molar-refractivity contribution in [1.82, 2.24) is 4.90 Å². The van der Waals surface area contributed by atoms with Crippen molar-refractivity contribution in [3.05, 3.63) is 23.5 Å². The molecule has 0 bridgehead atoms. The predicted octanol–water partition coefficient (Wildman–Crippen LogP) is 2.10. The number of hydrogen-bond acceptors (Lipinski definition) is 4. The van der Waals surface area contributed by atoms with Crippen LogP contribution in [-0.2, 0) is 9.47 Å². The molecule has 0 aromatic heterocycles. The lowest BCUT2D eigenvalue weighted by atomic mass is 9.87. The molecule has 2 aliphatic rings. The van der Waals surface area contributed by atoms with Crippen LogP contribution >= 0.6 is 0 Å². The van der Waals surface area contributed by atoms with Crippen LogP contribution in [0.5, 0.6) is 0 Å². The summed E-state index contributed by atoms with van der Waals surface area (Å²) >= 11 is 0. The van der Waals surface area contributed by atoms with Crippen molar-refractivity contribution < 1.29 is 14.6 Å². The van der Waals surface area contributed by atoms with Crippen LogP contribution in [0.25, 0.3) is 0 Å². The zero-order chi connectivity index (χ0) is 14.4. The van der Waals surface area contributed by atoms with Gasteiger partial charge in [-0.3, -0.25) is 4.90 Å². The third-order valence-corrected chi connectivity index (χ3v) is 4.29. The lowest BCUT2D eigenvalue weighted by Crippen LogP contribution is -2.38. The average Bonchev–Trinajstić information content (AvgIpc) is 2.49. The number of allylic oxidation sites excluding steroid dienone is 3. The monoisotopic (exact) mass is 281 g/mol. The molecule has 0 spiro atoms. The van der Waals surface area contributed by atoms with Crippen LogP contribution < -0.4 is 0 Å². The van der Waals surface area contributed by atoms with Crippen LogP contribution in [0.1, 0.15) is 33.1 Å². The van der Waals surface area contributed by atoms with E-state index in [0.29, 0.717) is 0 Å². The van der Waals surface area contributed by atoms with Gasteiger partial charge in [-0.25, -0.2) is 0 Å². The van der Waals surface area contributed by atoms with Gasteiger partial charge < -0.3 is 14.6 Å². The largest absolute Gasteiger partial charge is 0.497 e. The fraction of sp³-hybridized carbons (Fsp3) is 0.750. The van der Waals surface area contributed by atoms with E-state index < -0.39 is 5.60 Å². The number of rotatable bonds is 6. The molecule has 4 heteroatoms. The second-order valence-corrected chi connectivity index (χ2v) is 5.75. The van der Waals surface area contributed by atoms with E-state index in [1.54, 1.807) is 0 Å². The Balaban J connectivity index is 1.74. The lowest BCUT2D eigenvalue weighted by molar-refractivity contribution is 0.0268. The Labute approximate surface area is 122 Å². The number of aliphatic hydroxyl groups is 1. The molecule has 1 atom stereocenters. The molecule has 1 aliphatic carbocycles. The lowest BCUT2D eigenvalue weighted by Gasteiger charge is -2.28.